The maximum absolute atomic E-state index is 12.4. The molecule has 0 bridgehead atoms. The number of imide groups is 1. The van der Waals surface area contributed by atoms with Crippen molar-refractivity contribution in [2.24, 2.45) is 0 Å². The number of hydrogen-bond donors (Lipinski definition) is 1. The summed E-state index contributed by atoms with van der Waals surface area (Å²) in [5.74, 6) is 0.0367. The lowest BCUT2D eigenvalue weighted by Crippen LogP contribution is -2.31. The fraction of sp³-hybridized carbons (Fsp3) is 0.304. The second-order valence-electron chi connectivity index (χ2n) is 7.47. The number of halogens is 1. The number of hydrogen-bond acceptors (Lipinski definition) is 6. The van der Waals surface area contributed by atoms with Gasteiger partial charge in [-0.05, 0) is 50.3 Å². The second kappa shape index (κ2) is 11.3. The van der Waals surface area contributed by atoms with Crippen LogP contribution in [0.1, 0.15) is 41.1 Å². The minimum absolute atomic E-state index is 0.0466. The van der Waals surface area contributed by atoms with E-state index >= 15 is 0 Å². The zero-order valence-corrected chi connectivity index (χ0v) is 19.9. The quantitative estimate of drug-likeness (QED) is 0.474. The molecule has 0 spiro atoms. The Balaban J connectivity index is 1.73. The van der Waals surface area contributed by atoms with E-state index in [9.17, 15) is 9.59 Å². The van der Waals surface area contributed by atoms with Crippen LogP contribution in [-0.4, -0.2) is 51.3 Å². The highest BCUT2D eigenvalue weighted by molar-refractivity contribution is 7.99. The first-order valence-corrected chi connectivity index (χ1v) is 11.6. The molecule has 9 heteroatoms. The van der Waals surface area contributed by atoms with Crippen molar-refractivity contribution in [2.45, 2.75) is 31.1 Å². The van der Waals surface area contributed by atoms with Gasteiger partial charge in [0.25, 0.3) is 5.91 Å². The van der Waals surface area contributed by atoms with E-state index in [4.69, 9.17) is 11.6 Å². The van der Waals surface area contributed by atoms with Crippen molar-refractivity contribution in [1.82, 2.24) is 25.0 Å². The highest BCUT2D eigenvalue weighted by atomic mass is 35.5. The third kappa shape index (κ3) is 6.18. The molecule has 168 valence electrons. The van der Waals surface area contributed by atoms with Gasteiger partial charge in [-0.1, -0.05) is 60.6 Å². The molecule has 1 N–H and O–H groups in total. The minimum atomic E-state index is -0.461. The molecule has 32 heavy (non-hydrogen) atoms. The Kier molecular flexibility index (Phi) is 8.44. The van der Waals surface area contributed by atoms with Crippen molar-refractivity contribution in [3.8, 4) is 0 Å². The minimum Gasteiger partial charge on any atom is -0.300 e. The molecule has 2 amide bonds. The van der Waals surface area contributed by atoms with Crippen LogP contribution in [0.3, 0.4) is 0 Å². The van der Waals surface area contributed by atoms with E-state index in [1.54, 1.807) is 24.3 Å². The van der Waals surface area contributed by atoms with Gasteiger partial charge in [0.05, 0.1) is 18.3 Å². The van der Waals surface area contributed by atoms with E-state index in [-0.39, 0.29) is 11.8 Å². The summed E-state index contributed by atoms with van der Waals surface area (Å²) in [5, 5.41) is 12.4. The Hall–Kier alpha value is -2.68. The maximum Gasteiger partial charge on any atom is 0.257 e. The summed E-state index contributed by atoms with van der Waals surface area (Å²) >= 11 is 7.11. The van der Waals surface area contributed by atoms with Crippen molar-refractivity contribution >= 4 is 35.2 Å². The van der Waals surface area contributed by atoms with Gasteiger partial charge in [0.15, 0.2) is 11.0 Å². The van der Waals surface area contributed by atoms with Crippen LogP contribution in [0.4, 0.5) is 0 Å². The van der Waals surface area contributed by atoms with Crippen molar-refractivity contribution in [2.75, 3.05) is 19.8 Å². The first kappa shape index (κ1) is 24.0. The number of rotatable bonds is 9. The van der Waals surface area contributed by atoms with E-state index in [0.717, 1.165) is 17.8 Å². The summed E-state index contributed by atoms with van der Waals surface area (Å²) in [6.07, 6.45) is 0.876. The molecule has 3 rings (SSSR count). The van der Waals surface area contributed by atoms with Gasteiger partial charge in [0.2, 0.25) is 5.91 Å². The molecular formula is C23H26ClN5O2S. The lowest BCUT2D eigenvalue weighted by atomic mass is 10.2. The van der Waals surface area contributed by atoms with Gasteiger partial charge in [0, 0.05) is 10.6 Å². The molecule has 0 saturated carbocycles. The van der Waals surface area contributed by atoms with Crippen LogP contribution in [0.25, 0.3) is 0 Å². The molecule has 1 aromatic heterocycles. The summed E-state index contributed by atoms with van der Waals surface area (Å²) in [6.45, 7) is 2.70. The van der Waals surface area contributed by atoms with Gasteiger partial charge in [-0.15, -0.1) is 10.2 Å². The first-order valence-electron chi connectivity index (χ1n) is 10.2. The summed E-state index contributed by atoms with van der Waals surface area (Å²) in [7, 11) is 4.02. The van der Waals surface area contributed by atoms with E-state index in [1.165, 1.54) is 11.8 Å². The van der Waals surface area contributed by atoms with E-state index < -0.39 is 11.8 Å². The fourth-order valence-electron chi connectivity index (χ4n) is 3.31. The Bertz CT molecular complexity index is 1050. The average Bonchev–Trinajstić information content (AvgIpc) is 3.15. The van der Waals surface area contributed by atoms with Crippen molar-refractivity contribution < 1.29 is 9.59 Å². The average molecular weight is 472 g/mol. The highest BCUT2D eigenvalue weighted by Crippen LogP contribution is 2.26. The molecule has 7 nitrogen and oxygen atoms in total. The molecule has 2 aromatic carbocycles. The number of nitrogens with zero attached hydrogens (tertiary/aromatic N) is 4. The van der Waals surface area contributed by atoms with Crippen LogP contribution in [0.15, 0.2) is 59.8 Å². The molecule has 1 heterocycles. The first-order chi connectivity index (χ1) is 15.4. The molecule has 0 aliphatic rings. The van der Waals surface area contributed by atoms with Gasteiger partial charge in [-0.2, -0.15) is 0 Å². The van der Waals surface area contributed by atoms with Crippen LogP contribution in [0.5, 0.6) is 0 Å². The van der Waals surface area contributed by atoms with E-state index in [2.05, 4.69) is 27.3 Å². The zero-order valence-electron chi connectivity index (χ0n) is 18.3. The van der Waals surface area contributed by atoms with Crippen LogP contribution in [0, 0.1) is 0 Å². The lowest BCUT2D eigenvalue weighted by molar-refractivity contribution is -0.117. The molecule has 1 atom stereocenters. The van der Waals surface area contributed by atoms with Crippen molar-refractivity contribution in [3.05, 3.63) is 76.6 Å². The van der Waals surface area contributed by atoms with Gasteiger partial charge < -0.3 is 4.57 Å². The van der Waals surface area contributed by atoms with E-state index in [1.807, 2.05) is 49.0 Å². The SMILES string of the molecule is CCC(c1nnc(SCC(=O)NC(=O)c2ccc(Cl)cc2)n1Cc1ccccc1)N(C)C. The third-order valence-electron chi connectivity index (χ3n) is 4.93. The molecule has 3 aromatic rings. The number of nitrogens with one attached hydrogen (secondary N) is 1. The zero-order chi connectivity index (χ0) is 23.1. The molecule has 0 saturated heterocycles. The summed E-state index contributed by atoms with van der Waals surface area (Å²) < 4.78 is 2.04. The molecule has 1 unspecified atom stereocenters. The van der Waals surface area contributed by atoms with Gasteiger partial charge >= 0.3 is 0 Å². The molecule has 0 aliphatic carbocycles. The number of carbonyl (C=O) groups is 2. The fourth-order valence-corrected chi connectivity index (χ4v) is 4.18. The summed E-state index contributed by atoms with van der Waals surface area (Å²) in [6, 6.07) is 16.5. The van der Waals surface area contributed by atoms with E-state index in [0.29, 0.717) is 22.3 Å². The largest absolute Gasteiger partial charge is 0.300 e. The monoisotopic (exact) mass is 471 g/mol. The van der Waals surface area contributed by atoms with Crippen LogP contribution in [0.2, 0.25) is 5.02 Å². The van der Waals surface area contributed by atoms with Gasteiger partial charge in [-0.25, -0.2) is 0 Å². The second-order valence-corrected chi connectivity index (χ2v) is 8.85. The molecular weight excluding hydrogens is 446 g/mol. The standard InChI is InChI=1S/C23H26ClN5O2S/c1-4-19(28(2)3)21-26-27-23(29(21)14-16-8-6-5-7-9-16)32-15-20(30)25-22(31)17-10-12-18(24)13-11-17/h5-13,19H,4,14-15H2,1-3H3,(H,25,30,31). The topological polar surface area (TPSA) is 80.1 Å². The van der Waals surface area contributed by atoms with Crippen LogP contribution in [-0.2, 0) is 11.3 Å². The Morgan fingerprint density at radius 3 is 2.41 bits per heavy atom. The number of aromatic nitrogens is 3. The number of amides is 2. The molecule has 0 radical (unpaired) electrons. The lowest BCUT2D eigenvalue weighted by Gasteiger charge is -2.23. The predicted octanol–water partition coefficient (Wildman–Crippen LogP) is 4.04. The predicted molar refractivity (Wildman–Crippen MR) is 127 cm³/mol. The molecule has 0 fully saturated rings. The van der Waals surface area contributed by atoms with Crippen molar-refractivity contribution in [3.63, 3.8) is 0 Å². The van der Waals surface area contributed by atoms with Gasteiger partial charge in [-0.3, -0.25) is 19.8 Å². The smallest absolute Gasteiger partial charge is 0.257 e. The molecule has 0 aliphatic heterocycles. The highest BCUT2D eigenvalue weighted by Gasteiger charge is 2.23. The van der Waals surface area contributed by atoms with Crippen molar-refractivity contribution in [1.29, 1.82) is 0 Å². The summed E-state index contributed by atoms with van der Waals surface area (Å²) in [4.78, 5) is 26.8. The normalized spacial score (nSPS) is 12.0. The Morgan fingerprint density at radius 1 is 1.09 bits per heavy atom. The number of benzene rings is 2. The number of carbonyl (C=O) groups excluding carboxylic acids is 2. The van der Waals surface area contributed by atoms with Crippen LogP contribution >= 0.6 is 23.4 Å². The van der Waals surface area contributed by atoms with Gasteiger partial charge in [0.1, 0.15) is 0 Å². The Labute approximate surface area is 197 Å². The third-order valence-corrected chi connectivity index (χ3v) is 6.15. The maximum atomic E-state index is 12.4. The summed E-state index contributed by atoms with van der Waals surface area (Å²) in [5.41, 5.74) is 1.49. The Morgan fingerprint density at radius 2 is 1.78 bits per heavy atom. The number of thioether (sulfide) groups is 1. The van der Waals surface area contributed by atoms with Crippen LogP contribution < -0.4 is 5.32 Å².